The summed E-state index contributed by atoms with van der Waals surface area (Å²) in [5.74, 6) is -1.58. The molecule has 1 aliphatic rings. The zero-order chi connectivity index (χ0) is 12.4. The number of halogens is 1. The summed E-state index contributed by atoms with van der Waals surface area (Å²) >= 11 is 6.11. The molecule has 0 bridgehead atoms. The molecule has 4 nitrogen and oxygen atoms in total. The third-order valence-corrected chi connectivity index (χ3v) is 3.15. The van der Waals surface area contributed by atoms with E-state index in [1.807, 2.05) is 13.8 Å². The number of carbonyl (C=O) groups excluding carboxylic acids is 2. The fourth-order valence-corrected chi connectivity index (χ4v) is 1.74. The van der Waals surface area contributed by atoms with Crippen LogP contribution in [0.1, 0.15) is 33.6 Å². The van der Waals surface area contributed by atoms with Crippen LogP contribution in [-0.4, -0.2) is 35.4 Å². The first-order valence-electron chi connectivity index (χ1n) is 5.35. The van der Waals surface area contributed by atoms with Crippen molar-refractivity contribution in [3.63, 3.8) is 0 Å². The number of esters is 1. The lowest BCUT2D eigenvalue weighted by Gasteiger charge is -2.38. The molecule has 1 heterocycles. The van der Waals surface area contributed by atoms with Gasteiger partial charge in [0.25, 0.3) is 5.78 Å². The Morgan fingerprint density at radius 1 is 1.38 bits per heavy atom. The summed E-state index contributed by atoms with van der Waals surface area (Å²) in [4.78, 5) is 21.8. The quantitative estimate of drug-likeness (QED) is 0.433. The highest BCUT2D eigenvalue weighted by Gasteiger charge is 2.46. The van der Waals surface area contributed by atoms with Gasteiger partial charge in [-0.3, -0.25) is 4.79 Å². The van der Waals surface area contributed by atoms with E-state index < -0.39 is 16.6 Å². The minimum atomic E-state index is -1.25. The third kappa shape index (κ3) is 2.95. The second kappa shape index (κ2) is 4.72. The SMILES string of the molecule is CCOC(=O)C(=O)C1(Cl)CCC(C)(C)OC1. The van der Waals surface area contributed by atoms with Crippen LogP contribution in [0.2, 0.25) is 0 Å². The maximum Gasteiger partial charge on any atom is 0.376 e. The summed E-state index contributed by atoms with van der Waals surface area (Å²) in [6.45, 7) is 5.73. The summed E-state index contributed by atoms with van der Waals surface area (Å²) in [6, 6.07) is 0. The Morgan fingerprint density at radius 2 is 2.00 bits per heavy atom. The first-order chi connectivity index (χ1) is 7.31. The van der Waals surface area contributed by atoms with Gasteiger partial charge in [-0.1, -0.05) is 0 Å². The van der Waals surface area contributed by atoms with Crippen molar-refractivity contribution in [2.24, 2.45) is 0 Å². The summed E-state index contributed by atoms with van der Waals surface area (Å²) in [5, 5.41) is 0. The second-order valence-corrected chi connectivity index (χ2v) is 5.29. The molecular formula is C11H17ClO4. The van der Waals surface area contributed by atoms with Crippen LogP contribution in [0.3, 0.4) is 0 Å². The summed E-state index contributed by atoms with van der Waals surface area (Å²) in [7, 11) is 0. The fourth-order valence-electron chi connectivity index (χ4n) is 1.51. The van der Waals surface area contributed by atoms with Crippen LogP contribution in [0.15, 0.2) is 0 Å². The number of hydrogen-bond donors (Lipinski definition) is 0. The van der Waals surface area contributed by atoms with Crippen molar-refractivity contribution < 1.29 is 19.1 Å². The van der Waals surface area contributed by atoms with Gasteiger partial charge in [0.1, 0.15) is 4.87 Å². The van der Waals surface area contributed by atoms with Gasteiger partial charge in [-0.25, -0.2) is 4.79 Å². The topological polar surface area (TPSA) is 52.6 Å². The minimum absolute atomic E-state index is 0.0548. The Hall–Kier alpha value is -0.610. The first-order valence-corrected chi connectivity index (χ1v) is 5.73. The van der Waals surface area contributed by atoms with Crippen molar-refractivity contribution in [3.8, 4) is 0 Å². The molecule has 0 amide bonds. The van der Waals surface area contributed by atoms with E-state index in [0.29, 0.717) is 12.8 Å². The Kier molecular flexibility index (Phi) is 3.97. The Bertz CT molecular complexity index is 288. The zero-order valence-electron chi connectivity index (χ0n) is 9.84. The summed E-state index contributed by atoms with van der Waals surface area (Å²) < 4.78 is 10.1. The predicted molar refractivity (Wildman–Crippen MR) is 59.5 cm³/mol. The summed E-state index contributed by atoms with van der Waals surface area (Å²) in [5.41, 5.74) is -0.284. The molecule has 1 saturated heterocycles. The zero-order valence-corrected chi connectivity index (χ0v) is 10.6. The summed E-state index contributed by atoms with van der Waals surface area (Å²) in [6.07, 6.45) is 1.07. The molecule has 1 unspecified atom stereocenters. The molecule has 92 valence electrons. The molecule has 16 heavy (non-hydrogen) atoms. The van der Waals surface area contributed by atoms with Crippen LogP contribution in [0.25, 0.3) is 0 Å². The molecule has 1 fully saturated rings. The lowest BCUT2D eigenvalue weighted by Crippen LogP contribution is -2.50. The van der Waals surface area contributed by atoms with Crippen molar-refractivity contribution in [1.82, 2.24) is 0 Å². The maximum absolute atomic E-state index is 11.7. The van der Waals surface area contributed by atoms with Crippen molar-refractivity contribution in [2.75, 3.05) is 13.2 Å². The van der Waals surface area contributed by atoms with Crippen molar-refractivity contribution in [1.29, 1.82) is 0 Å². The van der Waals surface area contributed by atoms with Crippen LogP contribution in [0, 0.1) is 0 Å². The van der Waals surface area contributed by atoms with E-state index >= 15 is 0 Å². The van der Waals surface area contributed by atoms with Crippen LogP contribution < -0.4 is 0 Å². The molecular weight excluding hydrogens is 232 g/mol. The van der Waals surface area contributed by atoms with E-state index in [2.05, 4.69) is 4.74 Å². The smallest absolute Gasteiger partial charge is 0.376 e. The number of rotatable bonds is 3. The highest BCUT2D eigenvalue weighted by molar-refractivity contribution is 6.50. The molecule has 0 N–H and O–H groups in total. The van der Waals surface area contributed by atoms with Gasteiger partial charge in [-0.15, -0.1) is 11.6 Å². The Morgan fingerprint density at radius 3 is 2.44 bits per heavy atom. The lowest BCUT2D eigenvalue weighted by atomic mass is 9.88. The number of ether oxygens (including phenoxy) is 2. The fraction of sp³-hybridized carbons (Fsp3) is 0.818. The van der Waals surface area contributed by atoms with Gasteiger partial charge in [-0.2, -0.15) is 0 Å². The molecule has 0 saturated carbocycles. The van der Waals surface area contributed by atoms with Crippen LogP contribution in [0.4, 0.5) is 0 Å². The number of hydrogen-bond acceptors (Lipinski definition) is 4. The maximum atomic E-state index is 11.7. The van der Waals surface area contributed by atoms with E-state index in [1.54, 1.807) is 6.92 Å². The standard InChI is InChI=1S/C11H17ClO4/c1-4-15-9(14)8(13)11(12)6-5-10(2,3)16-7-11/h4-7H2,1-3H3. The number of ketones is 1. The molecule has 0 aliphatic carbocycles. The molecule has 1 rings (SSSR count). The molecule has 0 radical (unpaired) electrons. The van der Waals surface area contributed by atoms with Crippen LogP contribution in [0.5, 0.6) is 0 Å². The highest BCUT2D eigenvalue weighted by atomic mass is 35.5. The van der Waals surface area contributed by atoms with E-state index in [1.165, 1.54) is 0 Å². The van der Waals surface area contributed by atoms with Gasteiger partial charge in [0.05, 0.1) is 18.8 Å². The Balaban J connectivity index is 2.66. The van der Waals surface area contributed by atoms with Crippen molar-refractivity contribution in [3.05, 3.63) is 0 Å². The molecule has 1 atom stereocenters. The van der Waals surface area contributed by atoms with Gasteiger partial charge in [0.15, 0.2) is 0 Å². The lowest BCUT2D eigenvalue weighted by molar-refractivity contribution is -0.158. The number of Topliss-reactive ketones (excluding diaryl/α,β-unsaturated/α-hetero) is 1. The Labute approximate surface area is 100 Å². The molecule has 0 aromatic heterocycles. The van der Waals surface area contributed by atoms with E-state index in [-0.39, 0.29) is 18.8 Å². The van der Waals surface area contributed by atoms with Gasteiger partial charge >= 0.3 is 5.97 Å². The van der Waals surface area contributed by atoms with Crippen LogP contribution in [-0.2, 0) is 19.1 Å². The molecule has 5 heteroatoms. The first kappa shape index (κ1) is 13.5. The molecule has 0 spiro atoms. The largest absolute Gasteiger partial charge is 0.460 e. The van der Waals surface area contributed by atoms with E-state index in [9.17, 15) is 9.59 Å². The number of alkyl halides is 1. The monoisotopic (exact) mass is 248 g/mol. The molecule has 0 aromatic rings. The molecule has 0 aromatic carbocycles. The van der Waals surface area contributed by atoms with E-state index in [4.69, 9.17) is 16.3 Å². The van der Waals surface area contributed by atoms with Crippen molar-refractivity contribution >= 4 is 23.4 Å². The minimum Gasteiger partial charge on any atom is -0.460 e. The van der Waals surface area contributed by atoms with Crippen LogP contribution >= 0.6 is 11.6 Å². The third-order valence-electron chi connectivity index (χ3n) is 2.68. The van der Waals surface area contributed by atoms with Gasteiger partial charge in [-0.05, 0) is 33.6 Å². The predicted octanol–water partition coefficient (Wildman–Crippen LogP) is 1.69. The van der Waals surface area contributed by atoms with Gasteiger partial charge in [0, 0.05) is 0 Å². The number of carbonyl (C=O) groups is 2. The average Bonchev–Trinajstić information content (AvgIpc) is 2.22. The second-order valence-electron chi connectivity index (χ2n) is 4.56. The van der Waals surface area contributed by atoms with Gasteiger partial charge < -0.3 is 9.47 Å². The normalized spacial score (nSPS) is 28.5. The average molecular weight is 249 g/mol. The van der Waals surface area contributed by atoms with Crippen molar-refractivity contribution in [2.45, 2.75) is 44.1 Å². The highest BCUT2D eigenvalue weighted by Crippen LogP contribution is 2.35. The van der Waals surface area contributed by atoms with Gasteiger partial charge in [0.2, 0.25) is 0 Å². The molecule has 1 aliphatic heterocycles. The van der Waals surface area contributed by atoms with E-state index in [0.717, 1.165) is 0 Å².